The zero-order valence-electron chi connectivity index (χ0n) is 41.3. The molecule has 0 saturated carbocycles. The van der Waals surface area contributed by atoms with Crippen molar-refractivity contribution in [2.45, 2.75) is 128 Å². The van der Waals surface area contributed by atoms with Gasteiger partial charge in [0.05, 0.1) is 41.1 Å². The third kappa shape index (κ3) is 13.8. The Morgan fingerprint density at radius 1 is 0.600 bits per heavy atom. The number of hydrazine groups is 1. The molecule has 70 heavy (non-hydrogen) atoms. The van der Waals surface area contributed by atoms with E-state index in [9.17, 15) is 33.6 Å². The van der Waals surface area contributed by atoms with Gasteiger partial charge >= 0.3 is 23.9 Å². The summed E-state index contributed by atoms with van der Waals surface area (Å²) in [4.78, 5) is 97.9. The number of thioether (sulfide) groups is 4. The van der Waals surface area contributed by atoms with E-state index < -0.39 is 41.5 Å². The average Bonchev–Trinajstić information content (AvgIpc) is 3.94. The lowest BCUT2D eigenvalue weighted by Gasteiger charge is -2.27. The molecule has 372 valence electrons. The van der Waals surface area contributed by atoms with E-state index in [-0.39, 0.29) is 94.3 Å². The minimum Gasteiger partial charge on any atom is -0.459 e. The molecule has 13 nitrogen and oxygen atoms in total. The second-order valence-corrected chi connectivity index (χ2v) is 24.7. The molecule has 3 aliphatic rings. The van der Waals surface area contributed by atoms with Crippen molar-refractivity contribution in [2.24, 2.45) is 22.7 Å². The molecule has 0 aromatic heterocycles. The van der Waals surface area contributed by atoms with Crippen LogP contribution in [-0.4, -0.2) is 64.7 Å². The quantitative estimate of drug-likeness (QED) is 0.0295. The predicted molar refractivity (Wildman–Crippen MR) is 272 cm³/mol. The molecule has 3 aromatic carbocycles. The third-order valence-electron chi connectivity index (χ3n) is 10.8. The van der Waals surface area contributed by atoms with Crippen molar-refractivity contribution in [3.05, 3.63) is 104 Å². The first-order valence-corrected chi connectivity index (χ1v) is 26.2. The van der Waals surface area contributed by atoms with Gasteiger partial charge in [0.15, 0.2) is 17.3 Å². The molecule has 2 atom stereocenters. The predicted octanol–water partition coefficient (Wildman–Crippen LogP) is 11.5. The maximum atomic E-state index is 14.7. The number of nitrogens with zero attached hydrogens (tertiary/aromatic N) is 2. The molecule has 3 aliphatic heterocycles. The van der Waals surface area contributed by atoms with Gasteiger partial charge in [-0.3, -0.25) is 24.0 Å². The van der Waals surface area contributed by atoms with Crippen LogP contribution in [0.15, 0.2) is 112 Å². The molecule has 0 spiro atoms. The van der Waals surface area contributed by atoms with E-state index in [0.717, 1.165) is 71.0 Å². The molecule has 0 N–H and O–H groups in total. The van der Waals surface area contributed by atoms with Crippen molar-refractivity contribution in [3.8, 4) is 11.5 Å². The van der Waals surface area contributed by atoms with Gasteiger partial charge in [-0.1, -0.05) is 170 Å². The van der Waals surface area contributed by atoms with Gasteiger partial charge in [-0.25, -0.2) is 19.6 Å². The van der Waals surface area contributed by atoms with Gasteiger partial charge in [0.2, 0.25) is 0 Å². The maximum Gasteiger partial charge on any atom is 0.343 e. The fourth-order valence-corrected chi connectivity index (χ4v) is 13.9. The summed E-state index contributed by atoms with van der Waals surface area (Å²) >= 11 is 4.08. The highest BCUT2D eigenvalue weighted by molar-refractivity contribution is 8.26. The molecule has 0 bridgehead atoms. The minimum absolute atomic E-state index is 0.0519. The summed E-state index contributed by atoms with van der Waals surface area (Å²) in [5.74, 6) is -4.44. The Kier molecular flexibility index (Phi) is 17.7. The van der Waals surface area contributed by atoms with E-state index >= 15 is 0 Å². The Bertz CT molecular complexity index is 2510. The lowest BCUT2D eigenvalue weighted by molar-refractivity contribution is -0.149. The van der Waals surface area contributed by atoms with Crippen molar-refractivity contribution in [2.75, 3.05) is 13.2 Å². The number of ether oxygens (including phenoxy) is 4. The molecular formula is C53H60N2O11S4. The summed E-state index contributed by atoms with van der Waals surface area (Å²) in [5.41, 5.74) is 1.21. The van der Waals surface area contributed by atoms with Gasteiger partial charge < -0.3 is 18.9 Å². The van der Waals surface area contributed by atoms with Gasteiger partial charge in [0, 0.05) is 18.4 Å². The van der Waals surface area contributed by atoms with Gasteiger partial charge in [0.1, 0.15) is 24.4 Å². The third-order valence-corrected chi connectivity index (χ3v) is 16.0. The fourth-order valence-electron chi connectivity index (χ4n) is 8.31. The van der Waals surface area contributed by atoms with Crippen molar-refractivity contribution in [3.63, 3.8) is 0 Å². The first-order chi connectivity index (χ1) is 32.9. The van der Waals surface area contributed by atoms with E-state index in [2.05, 4.69) is 48.1 Å². The highest BCUT2D eigenvalue weighted by atomic mass is 32.2. The number of benzene rings is 3. The van der Waals surface area contributed by atoms with E-state index in [1.165, 1.54) is 23.9 Å². The first kappa shape index (κ1) is 54.1. The van der Waals surface area contributed by atoms with Gasteiger partial charge in [-0.2, -0.15) is 0 Å². The van der Waals surface area contributed by atoms with Crippen LogP contribution in [0.5, 0.6) is 11.5 Å². The van der Waals surface area contributed by atoms with Gasteiger partial charge in [-0.05, 0) is 60.5 Å². The molecule has 2 unspecified atom stereocenters. The number of carbonyl (C=O) groups excluding carboxylic acids is 7. The number of hydrogen-bond donors (Lipinski definition) is 0. The Hall–Kier alpha value is -5.23. The number of Topliss-reactive ketones (excluding diaryl/α,β-unsaturated/α-hetero) is 1. The Labute approximate surface area is 427 Å². The van der Waals surface area contributed by atoms with Gasteiger partial charge in [0.25, 0.3) is 11.8 Å². The zero-order valence-corrected chi connectivity index (χ0v) is 44.6. The van der Waals surface area contributed by atoms with Crippen molar-refractivity contribution >= 4 is 88.5 Å². The van der Waals surface area contributed by atoms with E-state index in [0.29, 0.717) is 23.8 Å². The number of ketones is 1. The van der Waals surface area contributed by atoms with Crippen molar-refractivity contribution in [1.29, 1.82) is 0 Å². The second kappa shape index (κ2) is 22.9. The largest absolute Gasteiger partial charge is 0.459 e. The summed E-state index contributed by atoms with van der Waals surface area (Å²) in [6, 6.07) is 18.7. The summed E-state index contributed by atoms with van der Waals surface area (Å²) < 4.78 is 23.7. The summed E-state index contributed by atoms with van der Waals surface area (Å²) in [6.07, 6.45) is 1.55. The molecule has 3 aromatic rings. The molecule has 1 fully saturated rings. The van der Waals surface area contributed by atoms with Crippen LogP contribution in [0.25, 0.3) is 0 Å². The number of rotatable bonds is 18. The van der Waals surface area contributed by atoms with Crippen LogP contribution in [0.1, 0.15) is 106 Å². The van der Waals surface area contributed by atoms with Crippen LogP contribution in [-0.2, 0) is 56.1 Å². The van der Waals surface area contributed by atoms with Crippen LogP contribution in [0.3, 0.4) is 0 Å². The molecule has 17 heteroatoms. The molecule has 2 amide bonds. The van der Waals surface area contributed by atoms with Crippen LogP contribution in [0.4, 0.5) is 0 Å². The van der Waals surface area contributed by atoms with Gasteiger partial charge in [-0.15, -0.1) is 0 Å². The second-order valence-electron chi connectivity index (χ2n) is 20.1. The lowest BCUT2D eigenvalue weighted by Crippen LogP contribution is -2.39. The fraction of sp³-hybridized carbons (Fsp3) is 0.415. The Morgan fingerprint density at radius 3 is 1.36 bits per heavy atom. The van der Waals surface area contributed by atoms with Crippen molar-refractivity contribution in [1.82, 2.24) is 10.0 Å². The maximum absolute atomic E-state index is 14.7. The van der Waals surface area contributed by atoms with E-state index in [1.807, 2.05) is 74.5 Å². The summed E-state index contributed by atoms with van der Waals surface area (Å²) in [5, 5.41) is 2.86. The molecular weight excluding hydrogens is 969 g/mol. The van der Waals surface area contributed by atoms with Crippen LogP contribution < -0.4 is 9.47 Å². The number of hydrogen-bond acceptors (Lipinski definition) is 15. The molecule has 0 aliphatic carbocycles. The SMILES string of the molecule is C=C(C)C(=O)OCCOC(=O)C(C(C)=O)=C1Sc2c(OC(=O)CC(C)CC(C)(C)C)c3c(c(OC(=O)CC(C)CC(C)(C)C)c2S1)SC(=C1C(=O)N(Cc2ccccc2)N(Cc2ccccc2)C1=O)S3. The van der Waals surface area contributed by atoms with Crippen LogP contribution in [0.2, 0.25) is 0 Å². The Morgan fingerprint density at radius 2 is 0.986 bits per heavy atom. The number of carbonyl (C=O) groups is 7. The van der Waals surface area contributed by atoms with Crippen molar-refractivity contribution < 1.29 is 52.5 Å². The van der Waals surface area contributed by atoms with Crippen LogP contribution >= 0.6 is 47.0 Å². The lowest BCUT2D eigenvalue weighted by atomic mass is 9.84. The first-order valence-electron chi connectivity index (χ1n) is 23.0. The minimum atomic E-state index is -0.979. The number of fused-ring (bicyclic) bond motifs is 2. The standard InChI is InChI=1S/C53H60N2O11S4/c1-30(2)48(61)63-22-23-64-49(62)38(33(5)56)50-67-42-40(65-36(57)24-31(3)26-52(6,7)8)44-45(41(43(42)68-50)66-37(58)25-32(4)27-53(9,10)11)70-51(69-44)39-46(59)54(28-34-18-14-12-15-19-34)55(47(39)60)29-35-20-16-13-17-21-35/h12-21,31-32H,1,22-29H2,2-11H3. The Balaban J connectivity index is 1.48. The van der Waals surface area contributed by atoms with E-state index in [1.54, 1.807) is 0 Å². The smallest absolute Gasteiger partial charge is 0.343 e. The molecule has 1 saturated heterocycles. The number of amides is 2. The number of esters is 4. The normalized spacial score (nSPS) is 15.4. The monoisotopic (exact) mass is 1030 g/mol. The topological polar surface area (TPSA) is 163 Å². The molecule has 0 radical (unpaired) electrons. The highest BCUT2D eigenvalue weighted by Crippen LogP contribution is 2.69. The zero-order chi connectivity index (χ0) is 51.2. The highest BCUT2D eigenvalue weighted by Gasteiger charge is 2.47. The summed E-state index contributed by atoms with van der Waals surface area (Å²) in [7, 11) is 0. The van der Waals surface area contributed by atoms with E-state index in [4.69, 9.17) is 18.9 Å². The molecule has 6 rings (SSSR count). The summed E-state index contributed by atoms with van der Waals surface area (Å²) in [6.45, 7) is 22.3. The average molecular weight is 1030 g/mol. The molecule has 3 heterocycles. The van der Waals surface area contributed by atoms with Crippen LogP contribution in [0, 0.1) is 22.7 Å².